The number of hydrogen-bond donors (Lipinski definition) is 0. The number of ether oxygens (including phenoxy) is 1. The van der Waals surface area contributed by atoms with Crippen LogP contribution >= 0.6 is 11.8 Å². The van der Waals surface area contributed by atoms with Gasteiger partial charge in [-0.25, -0.2) is 0 Å². The minimum Gasteiger partial charge on any atom is -0.468 e. The Kier molecular flexibility index (Phi) is 7.51. The molecule has 0 N–H and O–H groups in total. The predicted molar refractivity (Wildman–Crippen MR) is 72.5 cm³/mol. The number of carbonyl (C=O) groups excluding carboxylic acids is 1. The highest BCUT2D eigenvalue weighted by Gasteiger charge is 2.28. The Morgan fingerprint density at radius 2 is 1.70 bits per heavy atom. The van der Waals surface area contributed by atoms with Crippen molar-refractivity contribution in [1.29, 1.82) is 0 Å². The molecule has 6 heteroatoms. The van der Waals surface area contributed by atoms with Crippen LogP contribution in [0.15, 0.2) is 29.2 Å². The van der Waals surface area contributed by atoms with Crippen LogP contribution in [-0.2, 0) is 16.0 Å². The van der Waals surface area contributed by atoms with E-state index in [0.717, 1.165) is 37.7 Å². The van der Waals surface area contributed by atoms with Crippen molar-refractivity contribution in [3.05, 3.63) is 29.8 Å². The van der Waals surface area contributed by atoms with E-state index in [1.54, 1.807) is 12.1 Å². The van der Waals surface area contributed by atoms with Gasteiger partial charge in [0.1, 0.15) is 0 Å². The molecule has 0 saturated heterocycles. The van der Waals surface area contributed by atoms with Gasteiger partial charge in [0.25, 0.3) is 6.47 Å². The molecule has 0 spiro atoms. The summed E-state index contributed by atoms with van der Waals surface area (Å²) in [7, 11) is 0. The second-order valence-corrected chi connectivity index (χ2v) is 5.46. The van der Waals surface area contributed by atoms with Gasteiger partial charge in [0, 0.05) is 4.90 Å². The van der Waals surface area contributed by atoms with Gasteiger partial charge in [0.15, 0.2) is 0 Å². The zero-order valence-corrected chi connectivity index (χ0v) is 11.8. The second kappa shape index (κ2) is 8.89. The third-order valence-corrected chi connectivity index (χ3v) is 3.44. The van der Waals surface area contributed by atoms with Crippen LogP contribution in [0.2, 0.25) is 0 Å². The fraction of sp³-hybridized carbons (Fsp3) is 0.500. The largest absolute Gasteiger partial charge is 0.468 e. The van der Waals surface area contributed by atoms with E-state index in [2.05, 4.69) is 4.74 Å². The molecule has 0 fully saturated rings. The summed E-state index contributed by atoms with van der Waals surface area (Å²) in [6.07, 6.45) is 4.68. The standard InChI is InChI=1S/C14H17F3O2S/c15-14(16,17)20-13-8-6-12(7-9-13)5-3-1-2-4-10-19-11-18/h6-9,11H,1-5,10H2. The number of unbranched alkanes of at least 4 members (excludes halogenated alkanes) is 3. The predicted octanol–water partition coefficient (Wildman–Crippen LogP) is 4.57. The molecule has 0 radical (unpaired) electrons. The number of benzene rings is 1. The first-order chi connectivity index (χ1) is 9.51. The number of carbonyl (C=O) groups is 1. The molecule has 0 aliphatic heterocycles. The zero-order valence-electron chi connectivity index (χ0n) is 11.0. The molecule has 0 aliphatic rings. The lowest BCUT2D eigenvalue weighted by molar-refractivity contribution is -0.128. The van der Waals surface area contributed by atoms with E-state index in [1.165, 1.54) is 12.1 Å². The molecule has 0 aliphatic carbocycles. The average Bonchev–Trinajstić information content (AvgIpc) is 2.38. The number of halogens is 3. The summed E-state index contributed by atoms with van der Waals surface area (Å²) < 4.78 is 41.0. The third-order valence-electron chi connectivity index (χ3n) is 2.70. The molecule has 0 amide bonds. The van der Waals surface area contributed by atoms with Gasteiger partial charge in [-0.3, -0.25) is 4.79 Å². The highest BCUT2D eigenvalue weighted by molar-refractivity contribution is 8.00. The van der Waals surface area contributed by atoms with Gasteiger partial charge in [-0.2, -0.15) is 13.2 Å². The van der Waals surface area contributed by atoms with Gasteiger partial charge in [-0.1, -0.05) is 25.0 Å². The summed E-state index contributed by atoms with van der Waals surface area (Å²) in [5, 5.41) is 0. The number of aryl methyl sites for hydroxylation is 1. The molecule has 0 aromatic heterocycles. The fourth-order valence-electron chi connectivity index (χ4n) is 1.77. The maximum Gasteiger partial charge on any atom is 0.446 e. The van der Waals surface area contributed by atoms with Crippen LogP contribution in [0.25, 0.3) is 0 Å². The molecule has 0 unspecified atom stereocenters. The van der Waals surface area contributed by atoms with Crippen LogP contribution in [0.5, 0.6) is 0 Å². The van der Waals surface area contributed by atoms with Crippen molar-refractivity contribution in [2.45, 2.75) is 42.5 Å². The van der Waals surface area contributed by atoms with Crippen LogP contribution < -0.4 is 0 Å². The van der Waals surface area contributed by atoms with Crippen LogP contribution in [0.4, 0.5) is 13.2 Å². The highest BCUT2D eigenvalue weighted by Crippen LogP contribution is 2.36. The lowest BCUT2D eigenvalue weighted by Crippen LogP contribution is -1.98. The Hall–Kier alpha value is -1.17. The van der Waals surface area contributed by atoms with Crippen molar-refractivity contribution in [2.24, 2.45) is 0 Å². The quantitative estimate of drug-likeness (QED) is 0.380. The zero-order chi connectivity index (χ0) is 14.8. The highest BCUT2D eigenvalue weighted by atomic mass is 32.2. The molecule has 0 bridgehead atoms. The Balaban J connectivity index is 2.20. The minimum absolute atomic E-state index is 0.0934. The molecule has 0 heterocycles. The van der Waals surface area contributed by atoms with Crippen LogP contribution in [0.3, 0.4) is 0 Å². The van der Waals surface area contributed by atoms with Gasteiger partial charge in [0.05, 0.1) is 6.61 Å². The molecule has 2 nitrogen and oxygen atoms in total. The van der Waals surface area contributed by atoms with E-state index in [4.69, 9.17) is 0 Å². The first-order valence-electron chi connectivity index (χ1n) is 6.41. The Labute approximate surface area is 120 Å². The summed E-state index contributed by atoms with van der Waals surface area (Å²) in [4.78, 5) is 10.1. The Morgan fingerprint density at radius 1 is 1.05 bits per heavy atom. The molecule has 0 saturated carbocycles. The van der Waals surface area contributed by atoms with Crippen molar-refractivity contribution < 1.29 is 22.7 Å². The van der Waals surface area contributed by atoms with Gasteiger partial charge in [0.2, 0.25) is 0 Å². The van der Waals surface area contributed by atoms with E-state index >= 15 is 0 Å². The van der Waals surface area contributed by atoms with E-state index in [-0.39, 0.29) is 16.7 Å². The fourth-order valence-corrected chi connectivity index (χ4v) is 2.31. The van der Waals surface area contributed by atoms with Gasteiger partial charge < -0.3 is 4.74 Å². The first kappa shape index (κ1) is 16.9. The molecule has 20 heavy (non-hydrogen) atoms. The summed E-state index contributed by atoms with van der Waals surface area (Å²) in [5.41, 5.74) is -3.19. The van der Waals surface area contributed by atoms with Gasteiger partial charge >= 0.3 is 5.51 Å². The Bertz CT molecular complexity index is 390. The van der Waals surface area contributed by atoms with Crippen molar-refractivity contribution in [3.63, 3.8) is 0 Å². The third kappa shape index (κ3) is 8.09. The molecule has 1 aromatic rings. The number of alkyl halides is 3. The van der Waals surface area contributed by atoms with Crippen molar-refractivity contribution in [3.8, 4) is 0 Å². The number of rotatable bonds is 9. The first-order valence-corrected chi connectivity index (χ1v) is 7.23. The maximum atomic E-state index is 12.1. The van der Waals surface area contributed by atoms with Crippen LogP contribution in [0.1, 0.15) is 31.2 Å². The average molecular weight is 306 g/mol. The monoisotopic (exact) mass is 306 g/mol. The molecule has 1 rings (SSSR count). The molecule has 0 atom stereocenters. The lowest BCUT2D eigenvalue weighted by atomic mass is 10.1. The normalized spacial score (nSPS) is 11.3. The summed E-state index contributed by atoms with van der Waals surface area (Å²) in [6, 6.07) is 6.49. The van der Waals surface area contributed by atoms with Crippen LogP contribution in [-0.4, -0.2) is 18.6 Å². The second-order valence-electron chi connectivity index (χ2n) is 4.32. The molecule has 1 aromatic carbocycles. The summed E-state index contributed by atoms with van der Waals surface area (Å²) >= 11 is -0.0934. The SMILES string of the molecule is O=COCCCCCCc1ccc(SC(F)(F)F)cc1. The van der Waals surface area contributed by atoms with Gasteiger partial charge in [-0.05, 0) is 48.7 Å². The summed E-state index contributed by atoms with van der Waals surface area (Å²) in [5.74, 6) is 0. The van der Waals surface area contributed by atoms with Crippen molar-refractivity contribution >= 4 is 18.2 Å². The lowest BCUT2D eigenvalue weighted by Gasteiger charge is -2.06. The maximum absolute atomic E-state index is 12.1. The van der Waals surface area contributed by atoms with E-state index in [1.807, 2.05) is 0 Å². The molecular weight excluding hydrogens is 289 g/mol. The molecule has 112 valence electrons. The van der Waals surface area contributed by atoms with Crippen LogP contribution in [0, 0.1) is 0 Å². The van der Waals surface area contributed by atoms with E-state index in [0.29, 0.717) is 13.1 Å². The number of hydrogen-bond acceptors (Lipinski definition) is 3. The molecular formula is C14H17F3O2S. The van der Waals surface area contributed by atoms with Crippen molar-refractivity contribution in [1.82, 2.24) is 0 Å². The van der Waals surface area contributed by atoms with E-state index < -0.39 is 5.51 Å². The Morgan fingerprint density at radius 3 is 2.30 bits per heavy atom. The van der Waals surface area contributed by atoms with E-state index in [9.17, 15) is 18.0 Å². The van der Waals surface area contributed by atoms with Gasteiger partial charge in [-0.15, -0.1) is 0 Å². The minimum atomic E-state index is -4.23. The topological polar surface area (TPSA) is 26.3 Å². The number of thioether (sulfide) groups is 1. The summed E-state index contributed by atoms with van der Waals surface area (Å²) in [6.45, 7) is 0.896. The smallest absolute Gasteiger partial charge is 0.446 e. The van der Waals surface area contributed by atoms with Crippen molar-refractivity contribution in [2.75, 3.05) is 6.61 Å².